The number of carbonyl (C=O) groups is 1. The van der Waals surface area contributed by atoms with Gasteiger partial charge in [0.15, 0.2) is 5.82 Å². The van der Waals surface area contributed by atoms with Crippen molar-refractivity contribution in [1.82, 2.24) is 14.9 Å². The topological polar surface area (TPSA) is 68.5 Å². The Labute approximate surface area is 185 Å². The maximum atomic E-state index is 14.5. The van der Waals surface area contributed by atoms with Gasteiger partial charge < -0.3 is 14.1 Å². The van der Waals surface area contributed by atoms with E-state index in [2.05, 4.69) is 9.97 Å². The van der Waals surface area contributed by atoms with Crippen LogP contribution in [0, 0.1) is 11.6 Å². The maximum Gasteiger partial charge on any atom is 0.417 e. The molecule has 1 saturated heterocycles. The van der Waals surface area contributed by atoms with Crippen LogP contribution in [0.25, 0.3) is 11.5 Å². The third-order valence-corrected chi connectivity index (χ3v) is 5.47. The van der Waals surface area contributed by atoms with Crippen LogP contribution in [0.2, 0.25) is 0 Å². The van der Waals surface area contributed by atoms with Gasteiger partial charge in [-0.2, -0.15) is 13.2 Å². The van der Waals surface area contributed by atoms with Gasteiger partial charge in [-0.05, 0) is 38.0 Å². The zero-order valence-electron chi connectivity index (χ0n) is 17.3. The number of nitrogens with zero attached hydrogens (tertiary/aromatic N) is 3. The molecule has 0 radical (unpaired) electrons. The van der Waals surface area contributed by atoms with Gasteiger partial charge in [0.25, 0.3) is 11.8 Å². The largest absolute Gasteiger partial charge is 0.470 e. The molecule has 1 aromatic carbocycles. The van der Waals surface area contributed by atoms with Crippen molar-refractivity contribution in [3.05, 3.63) is 65.7 Å². The molecule has 2 unspecified atom stereocenters. The summed E-state index contributed by atoms with van der Waals surface area (Å²) in [5.74, 6) is -3.08. The molecule has 3 heterocycles. The average molecular weight is 467 g/mol. The molecule has 0 spiro atoms. The molecule has 3 aromatic rings. The highest BCUT2D eigenvalue weighted by Gasteiger charge is 2.36. The maximum absolute atomic E-state index is 14.5. The number of rotatable bonds is 4. The molecule has 2 atom stereocenters. The molecule has 0 saturated carbocycles. The summed E-state index contributed by atoms with van der Waals surface area (Å²) in [6.45, 7) is 1.98. The van der Waals surface area contributed by atoms with Gasteiger partial charge in [0.2, 0.25) is 5.89 Å². The van der Waals surface area contributed by atoms with Crippen LogP contribution in [0.15, 0.2) is 47.3 Å². The predicted octanol–water partition coefficient (Wildman–Crippen LogP) is 5.11. The molecule has 33 heavy (non-hydrogen) atoms. The Morgan fingerprint density at radius 1 is 1.21 bits per heavy atom. The lowest BCUT2D eigenvalue weighted by Crippen LogP contribution is -2.51. The first kappa shape index (κ1) is 22.7. The van der Waals surface area contributed by atoms with E-state index in [-0.39, 0.29) is 17.0 Å². The smallest absolute Gasteiger partial charge is 0.417 e. The van der Waals surface area contributed by atoms with Crippen molar-refractivity contribution >= 4 is 5.91 Å². The van der Waals surface area contributed by atoms with Crippen LogP contribution in [0.5, 0.6) is 5.88 Å². The fourth-order valence-electron chi connectivity index (χ4n) is 3.78. The van der Waals surface area contributed by atoms with Crippen LogP contribution in [-0.2, 0) is 6.18 Å². The van der Waals surface area contributed by atoms with Crippen LogP contribution in [0.1, 0.15) is 35.7 Å². The molecule has 0 bridgehead atoms. The van der Waals surface area contributed by atoms with E-state index in [9.17, 15) is 26.7 Å². The summed E-state index contributed by atoms with van der Waals surface area (Å²) >= 11 is 0. The zero-order chi connectivity index (χ0) is 23.8. The lowest BCUT2D eigenvalue weighted by molar-refractivity contribution is -0.138. The van der Waals surface area contributed by atoms with Crippen molar-refractivity contribution in [1.29, 1.82) is 0 Å². The highest BCUT2D eigenvalue weighted by atomic mass is 19.4. The van der Waals surface area contributed by atoms with Gasteiger partial charge in [-0.3, -0.25) is 4.79 Å². The molecule has 2 aromatic heterocycles. The summed E-state index contributed by atoms with van der Waals surface area (Å²) in [6, 6.07) is 3.73. The summed E-state index contributed by atoms with van der Waals surface area (Å²) in [4.78, 5) is 22.2. The lowest BCUT2D eigenvalue weighted by Gasteiger charge is -2.39. The Morgan fingerprint density at radius 3 is 2.67 bits per heavy atom. The summed E-state index contributed by atoms with van der Waals surface area (Å²) in [7, 11) is 0. The quantitative estimate of drug-likeness (QED) is 0.499. The van der Waals surface area contributed by atoms with Crippen LogP contribution >= 0.6 is 0 Å². The van der Waals surface area contributed by atoms with Gasteiger partial charge >= 0.3 is 6.18 Å². The third-order valence-electron chi connectivity index (χ3n) is 5.47. The number of amides is 1. The van der Waals surface area contributed by atoms with E-state index in [0.29, 0.717) is 31.6 Å². The minimum atomic E-state index is -4.74. The van der Waals surface area contributed by atoms with Crippen molar-refractivity contribution < 1.29 is 35.9 Å². The van der Waals surface area contributed by atoms with Gasteiger partial charge in [-0.15, -0.1) is 0 Å². The molecule has 174 valence electrons. The molecule has 1 fully saturated rings. The number of alkyl halides is 3. The number of oxazole rings is 1. The minimum absolute atomic E-state index is 0.0313. The first-order chi connectivity index (χ1) is 15.7. The van der Waals surface area contributed by atoms with Crippen molar-refractivity contribution in [3.63, 3.8) is 0 Å². The van der Waals surface area contributed by atoms with Crippen molar-refractivity contribution in [2.75, 3.05) is 6.54 Å². The highest BCUT2D eigenvalue weighted by Crippen LogP contribution is 2.33. The van der Waals surface area contributed by atoms with Gasteiger partial charge in [0, 0.05) is 12.7 Å². The van der Waals surface area contributed by atoms with Gasteiger partial charge in [0.1, 0.15) is 18.2 Å². The Kier molecular flexibility index (Phi) is 6.05. The Bertz CT molecular complexity index is 1150. The lowest BCUT2D eigenvalue weighted by atomic mass is 9.97. The standard InChI is InChI=1S/C22H18F5N3O3/c1-12-17(33-19-16(24)10-13(11-29-19)22(25,26)27)6-3-8-30(12)21(31)14-4-2-5-15(23)18(14)20-28-7-9-32-20/h2,4-5,7,9-12,17H,3,6,8H2,1H3. The predicted molar refractivity (Wildman–Crippen MR) is 105 cm³/mol. The molecule has 11 heteroatoms. The van der Waals surface area contributed by atoms with Crippen molar-refractivity contribution in [2.24, 2.45) is 0 Å². The molecular weight excluding hydrogens is 449 g/mol. The molecule has 0 N–H and O–H groups in total. The number of likely N-dealkylation sites (tertiary alicyclic amines) is 1. The second kappa shape index (κ2) is 8.80. The average Bonchev–Trinajstić information content (AvgIpc) is 3.29. The van der Waals surface area contributed by atoms with Gasteiger partial charge in [-0.25, -0.2) is 18.7 Å². The summed E-state index contributed by atoms with van der Waals surface area (Å²) < 4.78 is 77.7. The van der Waals surface area contributed by atoms with Crippen LogP contribution < -0.4 is 4.74 Å². The number of carbonyl (C=O) groups excluding carboxylic acids is 1. The second-order valence-corrected chi connectivity index (χ2v) is 7.55. The number of hydrogen-bond donors (Lipinski definition) is 0. The number of ether oxygens (including phenoxy) is 1. The number of pyridine rings is 1. The molecule has 0 aliphatic carbocycles. The van der Waals surface area contributed by atoms with Crippen LogP contribution in [-0.4, -0.2) is 39.5 Å². The third kappa shape index (κ3) is 4.53. The molecule has 4 rings (SSSR count). The van der Waals surface area contributed by atoms with Crippen LogP contribution in [0.4, 0.5) is 22.0 Å². The number of halogens is 5. The van der Waals surface area contributed by atoms with E-state index in [1.807, 2.05) is 0 Å². The number of aromatic nitrogens is 2. The molecular formula is C22H18F5N3O3. The fraction of sp³-hybridized carbons (Fsp3) is 0.318. The SMILES string of the molecule is CC1C(Oc2ncc(C(F)(F)F)cc2F)CCCN1C(=O)c1cccc(F)c1-c1ncco1. The molecule has 1 aliphatic heterocycles. The summed E-state index contributed by atoms with van der Waals surface area (Å²) in [5, 5.41) is 0. The Balaban J connectivity index is 1.57. The number of hydrogen-bond acceptors (Lipinski definition) is 5. The number of piperidine rings is 1. The Hall–Kier alpha value is -3.50. The first-order valence-electron chi connectivity index (χ1n) is 10.1. The molecule has 1 amide bonds. The number of benzene rings is 1. The normalized spacial score (nSPS) is 18.9. The van der Waals surface area contributed by atoms with Crippen LogP contribution in [0.3, 0.4) is 0 Å². The van der Waals surface area contributed by atoms with E-state index in [1.165, 1.54) is 35.6 Å². The highest BCUT2D eigenvalue weighted by molar-refractivity contribution is 6.00. The van der Waals surface area contributed by atoms with E-state index in [0.717, 1.165) is 0 Å². The van der Waals surface area contributed by atoms with E-state index in [1.54, 1.807) is 6.92 Å². The van der Waals surface area contributed by atoms with Gasteiger partial charge in [-0.1, -0.05) is 6.07 Å². The Morgan fingerprint density at radius 2 is 2.00 bits per heavy atom. The zero-order valence-corrected chi connectivity index (χ0v) is 17.3. The first-order valence-corrected chi connectivity index (χ1v) is 10.1. The van der Waals surface area contributed by atoms with E-state index < -0.39 is 47.3 Å². The van der Waals surface area contributed by atoms with E-state index >= 15 is 0 Å². The van der Waals surface area contributed by atoms with Crippen molar-refractivity contribution in [2.45, 2.75) is 38.1 Å². The van der Waals surface area contributed by atoms with Crippen molar-refractivity contribution in [3.8, 4) is 17.3 Å². The second-order valence-electron chi connectivity index (χ2n) is 7.55. The molecule has 1 aliphatic rings. The minimum Gasteiger partial charge on any atom is -0.470 e. The summed E-state index contributed by atoms with van der Waals surface area (Å²) in [5.41, 5.74) is -1.28. The fourth-order valence-corrected chi connectivity index (χ4v) is 3.78. The van der Waals surface area contributed by atoms with Gasteiger partial charge in [0.05, 0.1) is 28.9 Å². The van der Waals surface area contributed by atoms with E-state index in [4.69, 9.17) is 9.15 Å². The monoisotopic (exact) mass is 467 g/mol. The summed E-state index contributed by atoms with van der Waals surface area (Å²) in [6.07, 6.45) is -1.50. The molecule has 6 nitrogen and oxygen atoms in total.